The molecule has 0 saturated carbocycles. The summed E-state index contributed by atoms with van der Waals surface area (Å²) >= 11 is 7.02. The van der Waals surface area contributed by atoms with Gasteiger partial charge in [0.1, 0.15) is 16.5 Å². The Balaban J connectivity index is 1.48. The Morgan fingerprint density at radius 3 is 2.68 bits per heavy atom. The molecule has 2 N–H and O–H groups in total. The monoisotopic (exact) mass is 491 g/mol. The van der Waals surface area contributed by atoms with Crippen LogP contribution in [0, 0.1) is 5.92 Å². The molecule has 0 atom stereocenters. The molecule has 174 valence electrons. The maximum atomic E-state index is 12.7. The Bertz CT molecular complexity index is 1300. The van der Waals surface area contributed by atoms with E-state index in [0.29, 0.717) is 35.3 Å². The number of anilines is 1. The van der Waals surface area contributed by atoms with Crippen molar-refractivity contribution in [2.45, 2.75) is 13.8 Å². The Hall–Kier alpha value is -3.49. The summed E-state index contributed by atoms with van der Waals surface area (Å²) in [4.78, 5) is 17.5. The van der Waals surface area contributed by atoms with Crippen LogP contribution in [-0.4, -0.2) is 29.7 Å². The topological polar surface area (TPSA) is 72.5 Å². The maximum absolute atomic E-state index is 12.7. The summed E-state index contributed by atoms with van der Waals surface area (Å²) in [6.45, 7) is 4.72. The fraction of sp³-hybridized carbons (Fsp3) is 0.192. The predicted molar refractivity (Wildman–Crippen MR) is 142 cm³/mol. The molecule has 0 saturated heterocycles. The lowest BCUT2D eigenvalue weighted by molar-refractivity contribution is 0.0977. The first-order chi connectivity index (χ1) is 16.4. The number of benzene rings is 3. The lowest BCUT2D eigenvalue weighted by atomic mass is 10.2. The minimum Gasteiger partial charge on any atom is -0.495 e. The molecule has 0 aliphatic rings. The zero-order chi connectivity index (χ0) is 24.1. The Morgan fingerprint density at radius 1 is 1.09 bits per heavy atom. The number of rotatable bonds is 7. The number of nitrogens with zero attached hydrogens (tertiary/aromatic N) is 1. The van der Waals surface area contributed by atoms with Gasteiger partial charge in [0.2, 0.25) is 0 Å². The molecular formula is C26H25N3O3S2. The van der Waals surface area contributed by atoms with Gasteiger partial charge in [-0.3, -0.25) is 10.1 Å². The van der Waals surface area contributed by atoms with E-state index >= 15 is 0 Å². The number of ether oxygens (including phenoxy) is 2. The van der Waals surface area contributed by atoms with E-state index in [0.717, 1.165) is 20.8 Å². The number of hydrogen-bond donors (Lipinski definition) is 2. The van der Waals surface area contributed by atoms with Gasteiger partial charge in [-0.25, -0.2) is 4.98 Å². The molecule has 4 rings (SSSR count). The summed E-state index contributed by atoms with van der Waals surface area (Å²) in [5, 5.41) is 6.86. The largest absolute Gasteiger partial charge is 0.495 e. The van der Waals surface area contributed by atoms with Gasteiger partial charge in [-0.2, -0.15) is 0 Å². The molecule has 0 radical (unpaired) electrons. The van der Waals surface area contributed by atoms with E-state index in [1.165, 1.54) is 0 Å². The van der Waals surface area contributed by atoms with Crippen LogP contribution in [0.25, 0.3) is 20.8 Å². The molecule has 8 heteroatoms. The quantitative estimate of drug-likeness (QED) is 0.303. The zero-order valence-corrected chi connectivity index (χ0v) is 20.8. The number of thiazole rings is 1. The van der Waals surface area contributed by atoms with E-state index in [-0.39, 0.29) is 11.0 Å². The smallest absolute Gasteiger partial charge is 0.257 e. The van der Waals surface area contributed by atoms with Gasteiger partial charge in [0.25, 0.3) is 5.91 Å². The number of carbonyl (C=O) groups is 1. The second-order valence-corrected chi connectivity index (χ2v) is 9.48. The van der Waals surface area contributed by atoms with Crippen LogP contribution in [0.1, 0.15) is 24.2 Å². The van der Waals surface area contributed by atoms with Gasteiger partial charge >= 0.3 is 0 Å². The van der Waals surface area contributed by atoms with E-state index < -0.39 is 0 Å². The Morgan fingerprint density at radius 2 is 1.91 bits per heavy atom. The van der Waals surface area contributed by atoms with Crippen molar-refractivity contribution in [3.05, 3.63) is 72.3 Å². The number of carbonyl (C=O) groups excluding carboxylic acids is 1. The third-order valence-electron chi connectivity index (χ3n) is 4.90. The third-order valence-corrected chi connectivity index (χ3v) is 6.18. The van der Waals surface area contributed by atoms with Gasteiger partial charge in [-0.15, -0.1) is 11.3 Å². The number of para-hydroxylation sites is 1. The minimum atomic E-state index is -0.325. The van der Waals surface area contributed by atoms with Crippen molar-refractivity contribution >= 4 is 50.5 Å². The summed E-state index contributed by atoms with van der Waals surface area (Å²) in [6.07, 6.45) is 0. The minimum absolute atomic E-state index is 0.165. The second-order valence-electron chi connectivity index (χ2n) is 8.04. The molecule has 3 aromatic carbocycles. The van der Waals surface area contributed by atoms with E-state index in [2.05, 4.69) is 24.5 Å². The maximum Gasteiger partial charge on any atom is 0.257 e. The molecule has 0 fully saturated rings. The van der Waals surface area contributed by atoms with E-state index in [9.17, 15) is 4.79 Å². The summed E-state index contributed by atoms with van der Waals surface area (Å²) < 4.78 is 12.3. The summed E-state index contributed by atoms with van der Waals surface area (Å²) in [7, 11) is 1.59. The highest BCUT2D eigenvalue weighted by Gasteiger charge is 2.14. The number of aromatic nitrogens is 1. The fourth-order valence-electron chi connectivity index (χ4n) is 3.25. The van der Waals surface area contributed by atoms with Crippen molar-refractivity contribution < 1.29 is 14.3 Å². The van der Waals surface area contributed by atoms with Crippen LogP contribution in [0.3, 0.4) is 0 Å². The normalized spacial score (nSPS) is 10.8. The van der Waals surface area contributed by atoms with Crippen LogP contribution in [0.5, 0.6) is 11.5 Å². The molecule has 1 amide bonds. The van der Waals surface area contributed by atoms with Crippen molar-refractivity contribution in [1.29, 1.82) is 0 Å². The number of amides is 1. The number of fused-ring (bicyclic) bond motifs is 1. The highest BCUT2D eigenvalue weighted by molar-refractivity contribution is 7.80. The van der Waals surface area contributed by atoms with Crippen LogP contribution >= 0.6 is 23.6 Å². The van der Waals surface area contributed by atoms with Gasteiger partial charge in [-0.05, 0) is 66.7 Å². The van der Waals surface area contributed by atoms with Gasteiger partial charge in [0, 0.05) is 11.1 Å². The number of methoxy groups -OCH3 is 1. The summed E-state index contributed by atoms with van der Waals surface area (Å²) in [5.74, 6) is 1.31. The van der Waals surface area contributed by atoms with Crippen LogP contribution in [0.2, 0.25) is 0 Å². The third kappa shape index (κ3) is 5.70. The number of hydrogen-bond acceptors (Lipinski definition) is 6. The standard InChI is InChI=1S/C26H25N3O3S2/c1-16(2)15-32-19-8-6-7-17(13-19)24(30)29-26(33)28-21-14-18(11-12-22(21)31-3)25-27-20-9-4-5-10-23(20)34-25/h4-14,16H,15H2,1-3H3,(H2,28,29,30,33). The Labute approximate surface area is 207 Å². The lowest BCUT2D eigenvalue weighted by Gasteiger charge is -2.14. The number of thiocarbonyl (C=S) groups is 1. The van der Waals surface area contributed by atoms with Gasteiger partial charge in [0.15, 0.2) is 5.11 Å². The molecule has 0 bridgehead atoms. The average molecular weight is 492 g/mol. The van der Waals surface area contributed by atoms with Crippen molar-refractivity contribution in [2.75, 3.05) is 19.0 Å². The summed E-state index contributed by atoms with van der Waals surface area (Å²) in [5.41, 5.74) is 2.98. The average Bonchev–Trinajstić information content (AvgIpc) is 3.27. The van der Waals surface area contributed by atoms with Crippen molar-refractivity contribution in [3.8, 4) is 22.1 Å². The second kappa shape index (κ2) is 10.6. The molecule has 0 spiro atoms. The molecule has 0 aliphatic carbocycles. The molecule has 4 aromatic rings. The first-order valence-electron chi connectivity index (χ1n) is 10.8. The zero-order valence-electron chi connectivity index (χ0n) is 19.1. The van der Waals surface area contributed by atoms with Gasteiger partial charge < -0.3 is 14.8 Å². The highest BCUT2D eigenvalue weighted by Crippen LogP contribution is 2.34. The number of nitrogens with one attached hydrogen (secondary N) is 2. The van der Waals surface area contributed by atoms with E-state index in [1.54, 1.807) is 36.6 Å². The SMILES string of the molecule is COc1ccc(-c2nc3ccccc3s2)cc1NC(=S)NC(=O)c1cccc(OCC(C)C)c1. The van der Waals surface area contributed by atoms with Crippen molar-refractivity contribution in [1.82, 2.24) is 10.3 Å². The molecular weight excluding hydrogens is 466 g/mol. The van der Waals surface area contributed by atoms with Crippen LogP contribution < -0.4 is 20.1 Å². The molecule has 1 heterocycles. The van der Waals surface area contributed by atoms with Crippen LogP contribution in [0.15, 0.2) is 66.7 Å². The van der Waals surface area contributed by atoms with Gasteiger partial charge in [-0.1, -0.05) is 32.0 Å². The Kier molecular flexibility index (Phi) is 7.40. The van der Waals surface area contributed by atoms with Crippen molar-refractivity contribution in [2.24, 2.45) is 5.92 Å². The molecule has 1 aromatic heterocycles. The van der Waals surface area contributed by atoms with Gasteiger partial charge in [0.05, 0.1) is 29.6 Å². The van der Waals surface area contributed by atoms with E-state index in [4.69, 9.17) is 26.7 Å². The first kappa shape index (κ1) is 23.7. The molecule has 0 aliphatic heterocycles. The molecule has 34 heavy (non-hydrogen) atoms. The molecule has 0 unspecified atom stereocenters. The fourth-order valence-corrected chi connectivity index (χ4v) is 4.42. The first-order valence-corrected chi connectivity index (χ1v) is 12.0. The summed E-state index contributed by atoms with van der Waals surface area (Å²) in [6, 6.07) is 20.8. The molecule has 6 nitrogen and oxygen atoms in total. The highest BCUT2D eigenvalue weighted by atomic mass is 32.1. The van der Waals surface area contributed by atoms with Crippen LogP contribution in [0.4, 0.5) is 5.69 Å². The predicted octanol–water partition coefficient (Wildman–Crippen LogP) is 6.13. The lowest BCUT2D eigenvalue weighted by Crippen LogP contribution is -2.34. The van der Waals surface area contributed by atoms with Crippen LogP contribution in [-0.2, 0) is 0 Å². The van der Waals surface area contributed by atoms with E-state index in [1.807, 2.05) is 48.5 Å². The van der Waals surface area contributed by atoms with Crippen molar-refractivity contribution in [3.63, 3.8) is 0 Å².